The van der Waals surface area contributed by atoms with Gasteiger partial charge < -0.3 is 4.57 Å². The maximum atomic E-state index is 4.61. The molecule has 0 saturated heterocycles. The van der Waals surface area contributed by atoms with Crippen LogP contribution in [-0.4, -0.2) is 9.55 Å². The van der Waals surface area contributed by atoms with Gasteiger partial charge >= 0.3 is 0 Å². The second-order valence-electron chi connectivity index (χ2n) is 4.16. The summed E-state index contributed by atoms with van der Waals surface area (Å²) in [5.41, 5.74) is 3.55. The highest BCUT2D eigenvalue weighted by molar-refractivity contribution is 6.04. The number of aryl methyl sites for hydroxylation is 2. The van der Waals surface area contributed by atoms with Crippen LogP contribution >= 0.6 is 0 Å². The summed E-state index contributed by atoms with van der Waals surface area (Å²) in [6.45, 7) is 2.14. The molecule has 0 spiro atoms. The molecule has 0 fully saturated rings. The Kier molecular flexibility index (Phi) is 1.96. The largest absolute Gasteiger partial charge is 0.350 e. The lowest BCUT2D eigenvalue weighted by Crippen LogP contribution is -1.91. The molecule has 0 amide bonds. The molecule has 0 aliphatic carbocycles. The Labute approximate surface area is 94.5 Å². The Balaban J connectivity index is 2.51. The second-order valence-corrected chi connectivity index (χ2v) is 4.16. The molecular formula is C14H14N2. The van der Waals surface area contributed by atoms with Crippen molar-refractivity contribution in [3.8, 4) is 0 Å². The molecule has 1 aromatic carbocycles. The van der Waals surface area contributed by atoms with Gasteiger partial charge in [-0.25, -0.2) is 0 Å². The van der Waals surface area contributed by atoms with E-state index >= 15 is 0 Å². The van der Waals surface area contributed by atoms with Gasteiger partial charge in [-0.05, 0) is 30.0 Å². The Morgan fingerprint density at radius 2 is 2.12 bits per heavy atom. The zero-order valence-electron chi connectivity index (χ0n) is 9.57. The Morgan fingerprint density at radius 3 is 2.94 bits per heavy atom. The van der Waals surface area contributed by atoms with Crippen LogP contribution in [0.1, 0.15) is 12.6 Å². The normalized spacial score (nSPS) is 11.4. The van der Waals surface area contributed by atoms with Gasteiger partial charge in [-0.15, -0.1) is 0 Å². The molecule has 0 N–H and O–H groups in total. The minimum atomic E-state index is 0.993. The molecule has 3 rings (SSSR count). The molecule has 80 valence electrons. The molecule has 2 heteroatoms. The first kappa shape index (κ1) is 9.40. The minimum Gasteiger partial charge on any atom is -0.350 e. The van der Waals surface area contributed by atoms with Crippen molar-refractivity contribution in [1.29, 1.82) is 0 Å². The van der Waals surface area contributed by atoms with E-state index in [1.165, 1.54) is 22.0 Å². The SMILES string of the molecule is CCc1cc2c(ccc3cccn(C)c32)n1. The van der Waals surface area contributed by atoms with E-state index in [0.29, 0.717) is 0 Å². The van der Waals surface area contributed by atoms with E-state index in [1.807, 2.05) is 0 Å². The van der Waals surface area contributed by atoms with Crippen LogP contribution in [0.15, 0.2) is 36.5 Å². The van der Waals surface area contributed by atoms with Gasteiger partial charge in [0.15, 0.2) is 0 Å². The molecule has 3 aromatic rings. The monoisotopic (exact) mass is 210 g/mol. The summed E-state index contributed by atoms with van der Waals surface area (Å²) in [4.78, 5) is 4.61. The zero-order chi connectivity index (χ0) is 11.1. The maximum Gasteiger partial charge on any atom is 0.0727 e. The van der Waals surface area contributed by atoms with Gasteiger partial charge in [-0.1, -0.05) is 19.1 Å². The Bertz CT molecular complexity index is 665. The fraction of sp³-hybridized carbons (Fsp3) is 0.214. The van der Waals surface area contributed by atoms with Crippen LogP contribution in [0.25, 0.3) is 21.8 Å². The number of benzene rings is 1. The van der Waals surface area contributed by atoms with Crippen LogP contribution in [0.2, 0.25) is 0 Å². The van der Waals surface area contributed by atoms with E-state index < -0.39 is 0 Å². The first-order chi connectivity index (χ1) is 7.79. The predicted octanol–water partition coefficient (Wildman–Crippen LogP) is 3.29. The number of aromatic nitrogens is 2. The summed E-state index contributed by atoms with van der Waals surface area (Å²) in [6.07, 6.45) is 3.08. The van der Waals surface area contributed by atoms with Crippen molar-refractivity contribution >= 4 is 21.8 Å². The fourth-order valence-corrected chi connectivity index (χ4v) is 2.27. The first-order valence-corrected chi connectivity index (χ1v) is 5.63. The summed E-state index contributed by atoms with van der Waals surface area (Å²) in [7, 11) is 2.08. The van der Waals surface area contributed by atoms with Crippen LogP contribution in [-0.2, 0) is 13.5 Å². The zero-order valence-corrected chi connectivity index (χ0v) is 9.57. The number of hydrogen-bond acceptors (Lipinski definition) is 1. The smallest absolute Gasteiger partial charge is 0.0727 e. The lowest BCUT2D eigenvalue weighted by Gasteiger charge is -2.05. The van der Waals surface area contributed by atoms with Crippen LogP contribution in [0.5, 0.6) is 0 Å². The molecular weight excluding hydrogens is 196 g/mol. The van der Waals surface area contributed by atoms with Crippen molar-refractivity contribution < 1.29 is 0 Å². The standard InChI is InChI=1S/C14H14N2/c1-3-11-9-12-13(15-11)7-6-10-5-4-8-16(2)14(10)12/h4-9H,3H2,1-2H3. The minimum absolute atomic E-state index is 0.993. The fourth-order valence-electron chi connectivity index (χ4n) is 2.27. The lowest BCUT2D eigenvalue weighted by atomic mass is 10.1. The third kappa shape index (κ3) is 1.23. The van der Waals surface area contributed by atoms with Crippen LogP contribution < -0.4 is 0 Å². The molecule has 2 aromatic heterocycles. The van der Waals surface area contributed by atoms with Gasteiger partial charge in [0.2, 0.25) is 0 Å². The summed E-state index contributed by atoms with van der Waals surface area (Å²) in [5, 5.41) is 2.53. The van der Waals surface area contributed by atoms with Crippen molar-refractivity contribution in [3.63, 3.8) is 0 Å². The van der Waals surface area contributed by atoms with Gasteiger partial charge in [0, 0.05) is 24.3 Å². The Hall–Kier alpha value is -1.83. The highest BCUT2D eigenvalue weighted by atomic mass is 14.9. The van der Waals surface area contributed by atoms with Crippen molar-refractivity contribution in [2.45, 2.75) is 13.3 Å². The van der Waals surface area contributed by atoms with E-state index in [9.17, 15) is 0 Å². The van der Waals surface area contributed by atoms with Gasteiger partial charge in [0.1, 0.15) is 0 Å². The third-order valence-corrected chi connectivity index (χ3v) is 3.10. The topological polar surface area (TPSA) is 17.8 Å². The van der Waals surface area contributed by atoms with Crippen LogP contribution in [0, 0.1) is 0 Å². The maximum absolute atomic E-state index is 4.61. The molecule has 0 radical (unpaired) electrons. The average molecular weight is 210 g/mol. The van der Waals surface area contributed by atoms with Crippen molar-refractivity contribution in [3.05, 3.63) is 42.2 Å². The van der Waals surface area contributed by atoms with E-state index in [-0.39, 0.29) is 0 Å². The lowest BCUT2D eigenvalue weighted by molar-refractivity contribution is 0.957. The molecule has 0 atom stereocenters. The highest BCUT2D eigenvalue weighted by Gasteiger charge is 2.06. The summed E-state index contributed by atoms with van der Waals surface area (Å²) in [6, 6.07) is 10.7. The van der Waals surface area contributed by atoms with Gasteiger partial charge in [0.05, 0.1) is 11.0 Å². The quantitative estimate of drug-likeness (QED) is 0.602. The molecule has 16 heavy (non-hydrogen) atoms. The molecule has 0 unspecified atom stereocenters. The number of pyridine rings is 1. The van der Waals surface area contributed by atoms with Gasteiger partial charge in [-0.2, -0.15) is 0 Å². The van der Waals surface area contributed by atoms with Gasteiger partial charge in [0.25, 0.3) is 0 Å². The number of rotatable bonds is 1. The van der Waals surface area contributed by atoms with E-state index in [2.05, 4.69) is 60.1 Å². The van der Waals surface area contributed by atoms with Gasteiger partial charge in [-0.3, -0.25) is 4.98 Å². The average Bonchev–Trinajstić information content (AvgIpc) is 2.72. The Morgan fingerprint density at radius 1 is 1.25 bits per heavy atom. The highest BCUT2D eigenvalue weighted by Crippen LogP contribution is 2.25. The van der Waals surface area contributed by atoms with E-state index in [0.717, 1.165) is 11.9 Å². The molecule has 0 aliphatic rings. The molecule has 0 aliphatic heterocycles. The molecule has 2 nitrogen and oxygen atoms in total. The number of hydrogen-bond donors (Lipinski definition) is 0. The summed E-state index contributed by atoms with van der Waals surface area (Å²) < 4.78 is 2.17. The van der Waals surface area contributed by atoms with E-state index in [1.54, 1.807) is 0 Å². The van der Waals surface area contributed by atoms with Crippen molar-refractivity contribution in [2.75, 3.05) is 0 Å². The molecule has 0 saturated carbocycles. The predicted molar refractivity (Wildman–Crippen MR) is 67.6 cm³/mol. The third-order valence-electron chi connectivity index (χ3n) is 3.10. The number of nitrogens with zero attached hydrogens (tertiary/aromatic N) is 2. The molecule has 2 heterocycles. The molecule has 0 bridgehead atoms. The first-order valence-electron chi connectivity index (χ1n) is 5.63. The summed E-state index contributed by atoms with van der Waals surface area (Å²) in [5.74, 6) is 0. The number of fused-ring (bicyclic) bond motifs is 3. The summed E-state index contributed by atoms with van der Waals surface area (Å²) >= 11 is 0. The van der Waals surface area contributed by atoms with Crippen molar-refractivity contribution in [2.24, 2.45) is 7.05 Å². The van der Waals surface area contributed by atoms with E-state index in [4.69, 9.17) is 0 Å². The van der Waals surface area contributed by atoms with Crippen LogP contribution in [0.3, 0.4) is 0 Å². The van der Waals surface area contributed by atoms with Crippen molar-refractivity contribution in [1.82, 2.24) is 9.55 Å². The van der Waals surface area contributed by atoms with Crippen LogP contribution in [0.4, 0.5) is 0 Å². The second kappa shape index (κ2) is 3.34.